The van der Waals surface area contributed by atoms with Crippen LogP contribution >= 0.6 is 0 Å². The molecule has 0 aromatic rings. The van der Waals surface area contributed by atoms with E-state index in [1.165, 1.54) is 0 Å². The van der Waals surface area contributed by atoms with Gasteiger partial charge < -0.3 is 52.1 Å². The lowest BCUT2D eigenvalue weighted by molar-refractivity contribution is -0.306. The minimum absolute atomic E-state index is 0.297. The van der Waals surface area contributed by atoms with E-state index in [-0.39, 0.29) is 4.91 Å². The predicted octanol–water partition coefficient (Wildman–Crippen LogP) is -0.568. The molecule has 0 aromatic heterocycles. The van der Waals surface area contributed by atoms with Crippen LogP contribution in [0.15, 0.2) is 11.5 Å². The Morgan fingerprint density at radius 1 is 0.500 bits per heavy atom. The Morgan fingerprint density at radius 3 is 1.25 bits per heavy atom. The summed E-state index contributed by atoms with van der Waals surface area (Å²) in [6, 6.07) is 0. The van der Waals surface area contributed by atoms with E-state index in [1.54, 1.807) is 0 Å². The zero-order valence-corrected chi connectivity index (χ0v) is 30.5. The van der Waals surface area contributed by atoms with Gasteiger partial charge in [0.25, 0.3) is 0 Å². The Bertz CT molecular complexity index is 1410. The average molecular weight is 767 g/mol. The minimum Gasteiger partial charge on any atom is -0.463 e. The molecule has 20 nitrogen and oxygen atoms in total. The molecule has 0 aliphatic carbocycles. The second kappa shape index (κ2) is 20.0. The molecule has 0 amide bonds. The van der Waals surface area contributed by atoms with Crippen molar-refractivity contribution in [3.8, 4) is 0 Å². The first-order chi connectivity index (χ1) is 24.2. The van der Waals surface area contributed by atoms with Crippen molar-refractivity contribution in [1.82, 2.24) is 0 Å². The standard InChI is InChI=1S/C31H42O20S/c1-13(10-43-30-28(48-20(8)38)26(46-18(6)36)24(44-16(4)34)22(50-30)11-41-14(2)32)52(40)31-29(49-21(9)39)27(47-19(7)37)25(45-17(5)35)23(51-31)12-42-15(3)33/h22-31H,1,10-12H2,2-9H3/t22-,23-,24-,25-,26+,27+,28-,29-,30-,31+,52?/m1/s1. The van der Waals surface area contributed by atoms with Crippen molar-refractivity contribution >= 4 is 58.6 Å². The summed E-state index contributed by atoms with van der Waals surface area (Å²) in [6.45, 7) is 10.2. The highest BCUT2D eigenvalue weighted by molar-refractivity contribution is 7.89. The molecule has 2 aliphatic rings. The molecular weight excluding hydrogens is 724 g/mol. The molecule has 0 saturated carbocycles. The molecular formula is C31H42O20S. The van der Waals surface area contributed by atoms with Gasteiger partial charge in [-0.2, -0.15) is 0 Å². The van der Waals surface area contributed by atoms with Gasteiger partial charge in [0.2, 0.25) is 0 Å². The molecule has 21 heteroatoms. The van der Waals surface area contributed by atoms with E-state index in [2.05, 4.69) is 6.58 Å². The molecule has 11 atom stereocenters. The van der Waals surface area contributed by atoms with Crippen LogP contribution in [-0.2, 0) is 101 Å². The first-order valence-electron chi connectivity index (χ1n) is 15.5. The van der Waals surface area contributed by atoms with Gasteiger partial charge in [0.05, 0.1) is 17.4 Å². The third kappa shape index (κ3) is 13.3. The molecule has 2 saturated heterocycles. The van der Waals surface area contributed by atoms with Gasteiger partial charge in [-0.1, -0.05) is 6.58 Å². The summed E-state index contributed by atoms with van der Waals surface area (Å²) in [5.41, 5.74) is -1.72. The number of rotatable bonds is 15. The summed E-state index contributed by atoms with van der Waals surface area (Å²) in [7, 11) is -2.45. The molecule has 52 heavy (non-hydrogen) atoms. The van der Waals surface area contributed by atoms with E-state index >= 15 is 0 Å². The summed E-state index contributed by atoms with van der Waals surface area (Å²) in [6.07, 6.45) is -13.9. The van der Waals surface area contributed by atoms with Crippen LogP contribution in [0.2, 0.25) is 0 Å². The average Bonchev–Trinajstić information content (AvgIpc) is 3.00. The molecule has 0 bridgehead atoms. The summed E-state index contributed by atoms with van der Waals surface area (Å²) < 4.78 is 73.7. The largest absolute Gasteiger partial charge is 0.463 e. The zero-order chi connectivity index (χ0) is 39.4. The van der Waals surface area contributed by atoms with E-state index in [0.717, 1.165) is 55.4 Å². The third-order valence-electron chi connectivity index (χ3n) is 6.80. The molecule has 0 radical (unpaired) electrons. The number of ether oxygens (including phenoxy) is 11. The SMILES string of the molecule is C=C(CO[C@@H]1O[C@H](COC(C)=O)[C@@H](OC(C)=O)[C@H](OC(C)=O)[C@H]1OC(C)=O)S(=O)[C@@H]1O[C@H](COC(C)=O)[C@@H](OC(C)=O)[C@H](OC(C)=O)[C@H]1OC(C)=O. The van der Waals surface area contributed by atoms with E-state index in [0.29, 0.717) is 0 Å². The quantitative estimate of drug-likeness (QED) is 0.149. The predicted molar refractivity (Wildman–Crippen MR) is 167 cm³/mol. The van der Waals surface area contributed by atoms with Gasteiger partial charge in [-0.3, -0.25) is 42.6 Å². The van der Waals surface area contributed by atoms with Crippen LogP contribution in [0.3, 0.4) is 0 Å². The highest BCUT2D eigenvalue weighted by Crippen LogP contribution is 2.34. The summed E-state index contributed by atoms with van der Waals surface area (Å²) in [4.78, 5) is 95.6. The highest BCUT2D eigenvalue weighted by Gasteiger charge is 2.55. The normalized spacial score (nSPS) is 28.8. The summed E-state index contributed by atoms with van der Waals surface area (Å²) >= 11 is 0. The fourth-order valence-corrected chi connectivity index (χ4v) is 6.29. The number of carbonyl (C=O) groups is 8. The summed E-state index contributed by atoms with van der Waals surface area (Å²) in [5.74, 6) is -6.89. The van der Waals surface area contributed by atoms with E-state index < -0.39 is 139 Å². The number of carbonyl (C=O) groups excluding carboxylic acids is 8. The van der Waals surface area contributed by atoms with E-state index in [9.17, 15) is 42.6 Å². The Balaban J connectivity index is 2.51. The molecule has 2 fully saturated rings. The van der Waals surface area contributed by atoms with Crippen LogP contribution in [0.5, 0.6) is 0 Å². The van der Waals surface area contributed by atoms with Crippen LogP contribution in [0, 0.1) is 0 Å². The minimum atomic E-state index is -2.45. The fraction of sp³-hybridized carbons (Fsp3) is 0.677. The van der Waals surface area contributed by atoms with Gasteiger partial charge in [-0.25, -0.2) is 0 Å². The smallest absolute Gasteiger partial charge is 0.303 e. The third-order valence-corrected chi connectivity index (χ3v) is 8.29. The molecule has 1 unspecified atom stereocenters. The first-order valence-corrected chi connectivity index (χ1v) is 16.7. The van der Waals surface area contributed by atoms with Crippen LogP contribution in [0.25, 0.3) is 0 Å². The Hall–Kier alpha value is -4.47. The van der Waals surface area contributed by atoms with Crippen LogP contribution in [-0.4, -0.2) is 132 Å². The fourth-order valence-electron chi connectivity index (χ4n) is 5.08. The van der Waals surface area contributed by atoms with Crippen molar-refractivity contribution in [2.75, 3.05) is 19.8 Å². The molecule has 0 N–H and O–H groups in total. The molecule has 2 aliphatic heterocycles. The lowest BCUT2D eigenvalue weighted by atomic mass is 9.98. The molecule has 0 aromatic carbocycles. The van der Waals surface area contributed by atoms with Crippen LogP contribution in [0.4, 0.5) is 0 Å². The molecule has 0 spiro atoms. The van der Waals surface area contributed by atoms with Gasteiger partial charge >= 0.3 is 47.8 Å². The number of esters is 8. The Morgan fingerprint density at radius 2 is 0.846 bits per heavy atom. The maximum Gasteiger partial charge on any atom is 0.303 e. The lowest BCUT2D eigenvalue weighted by Crippen LogP contribution is -2.63. The number of hydrogen-bond acceptors (Lipinski definition) is 20. The van der Waals surface area contributed by atoms with Gasteiger partial charge in [0, 0.05) is 60.3 Å². The van der Waals surface area contributed by atoms with Gasteiger partial charge in [0.15, 0.2) is 48.3 Å². The zero-order valence-electron chi connectivity index (χ0n) is 29.7. The Labute approximate surface area is 300 Å². The van der Waals surface area contributed by atoms with Gasteiger partial charge in [-0.05, 0) is 0 Å². The topological polar surface area (TPSA) is 255 Å². The lowest BCUT2D eigenvalue weighted by Gasteiger charge is -2.44. The van der Waals surface area contributed by atoms with Gasteiger partial charge in [0.1, 0.15) is 25.4 Å². The highest BCUT2D eigenvalue weighted by atomic mass is 32.2. The Kier molecular flexibility index (Phi) is 16.8. The summed E-state index contributed by atoms with van der Waals surface area (Å²) in [5, 5.41) is 0. The molecule has 292 valence electrons. The van der Waals surface area contributed by atoms with Crippen molar-refractivity contribution in [3.05, 3.63) is 11.5 Å². The second-order valence-electron chi connectivity index (χ2n) is 11.3. The monoisotopic (exact) mass is 766 g/mol. The van der Waals surface area contributed by atoms with E-state index in [1.807, 2.05) is 0 Å². The molecule has 2 heterocycles. The maximum atomic E-state index is 14.0. The molecule has 2 rings (SSSR count). The maximum absolute atomic E-state index is 14.0. The van der Waals surface area contributed by atoms with Crippen molar-refractivity contribution in [1.29, 1.82) is 0 Å². The van der Waals surface area contributed by atoms with Crippen LogP contribution < -0.4 is 0 Å². The second-order valence-corrected chi connectivity index (χ2v) is 12.9. The van der Waals surface area contributed by atoms with Crippen molar-refractivity contribution in [2.24, 2.45) is 0 Å². The van der Waals surface area contributed by atoms with E-state index in [4.69, 9.17) is 52.1 Å². The first kappa shape index (κ1) is 43.7. The van der Waals surface area contributed by atoms with Crippen molar-refractivity contribution in [3.63, 3.8) is 0 Å². The van der Waals surface area contributed by atoms with Crippen molar-refractivity contribution < 1.29 is 94.7 Å². The van der Waals surface area contributed by atoms with Gasteiger partial charge in [-0.15, -0.1) is 0 Å². The van der Waals surface area contributed by atoms with Crippen molar-refractivity contribution in [2.45, 2.75) is 116 Å². The number of hydrogen-bond donors (Lipinski definition) is 0. The van der Waals surface area contributed by atoms with Crippen LogP contribution in [0.1, 0.15) is 55.4 Å².